The molecule has 2 aromatic rings. The van der Waals surface area contributed by atoms with E-state index in [9.17, 15) is 4.79 Å². The summed E-state index contributed by atoms with van der Waals surface area (Å²) in [4.78, 5) is 13.8. The van der Waals surface area contributed by atoms with Gasteiger partial charge in [0.2, 0.25) is 11.0 Å². The number of benzene rings is 1. The van der Waals surface area contributed by atoms with Crippen molar-refractivity contribution in [2.45, 2.75) is 31.0 Å². The van der Waals surface area contributed by atoms with Crippen molar-refractivity contribution in [1.29, 1.82) is 0 Å². The van der Waals surface area contributed by atoms with Crippen molar-refractivity contribution in [1.82, 2.24) is 15.1 Å². The van der Waals surface area contributed by atoms with E-state index in [0.29, 0.717) is 11.4 Å². The fraction of sp³-hybridized carbons (Fsp3) is 0.438. The normalized spacial score (nSPS) is 10.6. The summed E-state index contributed by atoms with van der Waals surface area (Å²) in [6.07, 6.45) is 1.43. The van der Waals surface area contributed by atoms with Crippen molar-refractivity contribution in [2.75, 3.05) is 24.2 Å². The van der Waals surface area contributed by atoms with Crippen LogP contribution in [0.2, 0.25) is 5.02 Å². The number of carbonyl (C=O) groups is 1. The van der Waals surface area contributed by atoms with Gasteiger partial charge in [0, 0.05) is 36.0 Å². The third-order valence-corrected chi connectivity index (χ3v) is 5.65. The molecule has 0 fully saturated rings. The van der Waals surface area contributed by atoms with E-state index in [0.717, 1.165) is 40.4 Å². The maximum absolute atomic E-state index is 11.9. The Bertz CT molecular complexity index is 661. The number of rotatable bonds is 9. The number of anilines is 2. The van der Waals surface area contributed by atoms with Crippen LogP contribution in [-0.2, 0) is 4.79 Å². The van der Waals surface area contributed by atoms with Gasteiger partial charge in [0.1, 0.15) is 0 Å². The Morgan fingerprint density at radius 1 is 1.33 bits per heavy atom. The van der Waals surface area contributed by atoms with E-state index in [-0.39, 0.29) is 5.91 Å². The van der Waals surface area contributed by atoms with Crippen molar-refractivity contribution in [3.05, 3.63) is 29.3 Å². The fourth-order valence-electron chi connectivity index (χ4n) is 2.13. The number of halogens is 1. The van der Waals surface area contributed by atoms with Gasteiger partial charge in [0.05, 0.1) is 0 Å². The second kappa shape index (κ2) is 9.86. The smallest absolute Gasteiger partial charge is 0.222 e. The number of nitrogens with one attached hydrogen (secondary N) is 1. The molecule has 1 heterocycles. The summed E-state index contributed by atoms with van der Waals surface area (Å²) in [5, 5.41) is 12.9. The average molecular weight is 385 g/mol. The van der Waals surface area contributed by atoms with Crippen LogP contribution < -0.4 is 5.32 Å². The van der Waals surface area contributed by atoms with Crippen molar-refractivity contribution in [3.63, 3.8) is 0 Å². The molecule has 130 valence electrons. The van der Waals surface area contributed by atoms with Crippen LogP contribution in [0.4, 0.5) is 10.8 Å². The molecule has 0 aliphatic carbocycles. The summed E-state index contributed by atoms with van der Waals surface area (Å²) in [7, 11) is 0. The largest absolute Gasteiger partial charge is 0.343 e. The summed E-state index contributed by atoms with van der Waals surface area (Å²) in [6.45, 7) is 5.56. The van der Waals surface area contributed by atoms with Crippen LogP contribution in [-0.4, -0.2) is 39.8 Å². The van der Waals surface area contributed by atoms with Gasteiger partial charge in [-0.1, -0.05) is 40.8 Å². The Kier molecular flexibility index (Phi) is 7.81. The lowest BCUT2D eigenvalue weighted by Crippen LogP contribution is -2.30. The Hall–Kier alpha value is -1.31. The molecule has 0 saturated carbocycles. The number of aromatic nitrogens is 2. The maximum atomic E-state index is 11.9. The van der Waals surface area contributed by atoms with Crippen LogP contribution in [0, 0.1) is 0 Å². The topological polar surface area (TPSA) is 58.1 Å². The minimum Gasteiger partial charge on any atom is -0.343 e. The number of nitrogens with zero attached hydrogens (tertiary/aromatic N) is 3. The molecule has 1 aromatic carbocycles. The van der Waals surface area contributed by atoms with E-state index < -0.39 is 0 Å². The van der Waals surface area contributed by atoms with Gasteiger partial charge in [-0.3, -0.25) is 4.79 Å². The third-order valence-electron chi connectivity index (χ3n) is 3.36. The van der Waals surface area contributed by atoms with Crippen LogP contribution >= 0.6 is 34.7 Å². The molecule has 1 aromatic heterocycles. The number of amides is 1. The summed E-state index contributed by atoms with van der Waals surface area (Å²) in [5.74, 6) is 1.08. The lowest BCUT2D eigenvalue weighted by atomic mass is 10.3. The highest BCUT2D eigenvalue weighted by Gasteiger charge is 2.10. The molecule has 24 heavy (non-hydrogen) atoms. The molecule has 2 rings (SSSR count). The highest BCUT2D eigenvalue weighted by molar-refractivity contribution is 8.01. The second-order valence-corrected chi connectivity index (χ2v) is 7.78. The van der Waals surface area contributed by atoms with E-state index in [1.165, 1.54) is 11.3 Å². The molecule has 0 aliphatic heterocycles. The number of thioether (sulfide) groups is 1. The van der Waals surface area contributed by atoms with E-state index in [1.54, 1.807) is 11.8 Å². The standard InChI is InChI=1S/C16H21ClN4OS2/c1-3-21(4-2)14(22)9-6-10-23-16-20-19-15(24-16)18-13-8-5-7-12(17)11-13/h5,7-8,11H,3-4,6,9-10H2,1-2H3,(H,18,19). The number of hydrogen-bond acceptors (Lipinski definition) is 6. The summed E-state index contributed by atoms with van der Waals surface area (Å²) >= 11 is 9.09. The molecule has 1 amide bonds. The lowest BCUT2D eigenvalue weighted by molar-refractivity contribution is -0.130. The molecule has 5 nitrogen and oxygen atoms in total. The van der Waals surface area contributed by atoms with Crippen LogP contribution in [0.3, 0.4) is 0 Å². The van der Waals surface area contributed by atoms with Crippen LogP contribution in [0.25, 0.3) is 0 Å². The minimum atomic E-state index is 0.223. The zero-order valence-electron chi connectivity index (χ0n) is 13.8. The Labute approximate surface area is 155 Å². The van der Waals surface area contributed by atoms with E-state index >= 15 is 0 Å². The molecular weight excluding hydrogens is 364 g/mol. The first-order valence-electron chi connectivity index (χ1n) is 7.89. The van der Waals surface area contributed by atoms with Gasteiger partial charge < -0.3 is 10.2 Å². The second-order valence-electron chi connectivity index (χ2n) is 5.03. The molecule has 0 atom stereocenters. The predicted octanol–water partition coefficient (Wildman–Crippen LogP) is 4.68. The first-order valence-corrected chi connectivity index (χ1v) is 10.1. The van der Waals surface area contributed by atoms with Crippen molar-refractivity contribution in [2.24, 2.45) is 0 Å². The first kappa shape index (κ1) is 19.0. The minimum absolute atomic E-state index is 0.223. The van der Waals surface area contributed by atoms with Gasteiger partial charge >= 0.3 is 0 Å². The van der Waals surface area contributed by atoms with E-state index in [4.69, 9.17) is 11.6 Å². The molecule has 0 bridgehead atoms. The first-order chi connectivity index (χ1) is 11.6. The maximum Gasteiger partial charge on any atom is 0.222 e. The molecule has 0 unspecified atom stereocenters. The highest BCUT2D eigenvalue weighted by Crippen LogP contribution is 2.28. The Morgan fingerprint density at radius 3 is 2.83 bits per heavy atom. The van der Waals surface area contributed by atoms with Gasteiger partial charge in [-0.2, -0.15) is 0 Å². The van der Waals surface area contributed by atoms with Gasteiger partial charge in [0.25, 0.3) is 0 Å². The zero-order chi connectivity index (χ0) is 17.4. The monoisotopic (exact) mass is 384 g/mol. The quantitative estimate of drug-likeness (QED) is 0.502. The van der Waals surface area contributed by atoms with Crippen LogP contribution in [0.5, 0.6) is 0 Å². The van der Waals surface area contributed by atoms with Crippen molar-refractivity contribution >= 4 is 51.4 Å². The summed E-state index contributed by atoms with van der Waals surface area (Å²) in [5.41, 5.74) is 0.889. The zero-order valence-corrected chi connectivity index (χ0v) is 16.2. The predicted molar refractivity (Wildman–Crippen MR) is 103 cm³/mol. The third kappa shape index (κ3) is 5.96. The van der Waals surface area contributed by atoms with Crippen molar-refractivity contribution < 1.29 is 4.79 Å². The molecule has 0 saturated heterocycles. The van der Waals surface area contributed by atoms with Gasteiger partial charge in [-0.05, 0) is 38.5 Å². The van der Waals surface area contributed by atoms with Crippen LogP contribution in [0.1, 0.15) is 26.7 Å². The fourth-order valence-corrected chi connectivity index (χ4v) is 4.10. The molecule has 0 radical (unpaired) electrons. The summed E-state index contributed by atoms with van der Waals surface area (Å²) in [6, 6.07) is 7.48. The number of hydrogen-bond donors (Lipinski definition) is 1. The molecular formula is C16H21ClN4OS2. The van der Waals surface area contributed by atoms with Gasteiger partial charge in [-0.25, -0.2) is 0 Å². The highest BCUT2D eigenvalue weighted by atomic mass is 35.5. The number of carbonyl (C=O) groups excluding carboxylic acids is 1. The molecule has 8 heteroatoms. The summed E-state index contributed by atoms with van der Waals surface area (Å²) < 4.78 is 0.898. The average Bonchev–Trinajstić information content (AvgIpc) is 3.00. The van der Waals surface area contributed by atoms with E-state index in [2.05, 4.69) is 15.5 Å². The van der Waals surface area contributed by atoms with Gasteiger partial charge in [-0.15, -0.1) is 10.2 Å². The van der Waals surface area contributed by atoms with Crippen molar-refractivity contribution in [3.8, 4) is 0 Å². The lowest BCUT2D eigenvalue weighted by Gasteiger charge is -2.18. The SMILES string of the molecule is CCN(CC)C(=O)CCCSc1nnc(Nc2cccc(Cl)c2)s1. The molecule has 1 N–H and O–H groups in total. The van der Waals surface area contributed by atoms with E-state index in [1.807, 2.05) is 43.0 Å². The Morgan fingerprint density at radius 2 is 2.12 bits per heavy atom. The Balaban J connectivity index is 1.75. The molecule has 0 aliphatic rings. The molecule has 0 spiro atoms. The van der Waals surface area contributed by atoms with Gasteiger partial charge in [0.15, 0.2) is 4.34 Å². The van der Waals surface area contributed by atoms with Crippen LogP contribution in [0.15, 0.2) is 28.6 Å².